The summed E-state index contributed by atoms with van der Waals surface area (Å²) in [6.45, 7) is -0.189. The molecule has 14 heavy (non-hydrogen) atoms. The lowest BCUT2D eigenvalue weighted by atomic mass is 10.3. The highest BCUT2D eigenvalue weighted by molar-refractivity contribution is 5.83. The van der Waals surface area contributed by atoms with E-state index in [1.165, 1.54) is 6.92 Å². The van der Waals surface area contributed by atoms with Gasteiger partial charge in [-0.3, -0.25) is 4.79 Å². The van der Waals surface area contributed by atoms with Gasteiger partial charge in [0.2, 0.25) is 0 Å². The molecule has 0 heterocycles. The van der Waals surface area contributed by atoms with Crippen LogP contribution in [-0.4, -0.2) is 41.3 Å². The van der Waals surface area contributed by atoms with Crippen LogP contribution in [0.4, 0.5) is 13.2 Å². The van der Waals surface area contributed by atoms with E-state index in [1.807, 2.05) is 0 Å². The van der Waals surface area contributed by atoms with Gasteiger partial charge in [-0.15, -0.1) is 6.42 Å². The predicted octanol–water partition coefficient (Wildman–Crippen LogP) is 0.391. The monoisotopic (exact) mass is 209 g/mol. The first-order valence-electron chi connectivity index (χ1n) is 3.81. The van der Waals surface area contributed by atoms with Crippen LogP contribution in [0.15, 0.2) is 0 Å². The van der Waals surface area contributed by atoms with Gasteiger partial charge in [0.15, 0.2) is 6.10 Å². The second kappa shape index (κ2) is 4.86. The Morgan fingerprint density at radius 3 is 2.43 bits per heavy atom. The van der Waals surface area contributed by atoms with E-state index in [0.29, 0.717) is 4.90 Å². The highest BCUT2D eigenvalue weighted by Gasteiger charge is 2.33. The number of nitrogens with zero attached hydrogens (tertiary/aromatic N) is 1. The molecule has 0 rings (SSSR count). The van der Waals surface area contributed by atoms with Crippen molar-refractivity contribution >= 4 is 5.91 Å². The molecule has 0 saturated carbocycles. The number of carbonyl (C=O) groups excluding carboxylic acids is 1. The van der Waals surface area contributed by atoms with E-state index in [9.17, 15) is 18.0 Å². The molecule has 0 radical (unpaired) electrons. The SMILES string of the molecule is C#C[C@@H](O)C(=O)N(CC)CC(F)(F)F. The van der Waals surface area contributed by atoms with Crippen LogP contribution in [0.1, 0.15) is 6.92 Å². The molecule has 1 amide bonds. The smallest absolute Gasteiger partial charge is 0.372 e. The largest absolute Gasteiger partial charge is 0.406 e. The van der Waals surface area contributed by atoms with E-state index in [0.717, 1.165) is 0 Å². The first-order chi connectivity index (χ1) is 6.31. The van der Waals surface area contributed by atoms with Gasteiger partial charge >= 0.3 is 6.18 Å². The summed E-state index contributed by atoms with van der Waals surface area (Å²) in [6.07, 6.45) is -1.59. The lowest BCUT2D eigenvalue weighted by Gasteiger charge is -2.22. The van der Waals surface area contributed by atoms with Crippen molar-refractivity contribution < 1.29 is 23.1 Å². The molecule has 0 spiro atoms. The van der Waals surface area contributed by atoms with Crippen LogP contribution in [0.2, 0.25) is 0 Å². The standard InChI is InChI=1S/C8H10F3NO2/c1-3-6(13)7(14)12(4-2)5-8(9,10)11/h1,6,13H,4-5H2,2H3/t6-/m1/s1. The molecule has 1 atom stereocenters. The molecule has 6 heteroatoms. The molecular weight excluding hydrogens is 199 g/mol. The molecule has 80 valence electrons. The van der Waals surface area contributed by atoms with Crippen LogP contribution < -0.4 is 0 Å². The zero-order chi connectivity index (χ0) is 11.4. The van der Waals surface area contributed by atoms with Crippen molar-refractivity contribution in [2.24, 2.45) is 0 Å². The zero-order valence-electron chi connectivity index (χ0n) is 7.51. The van der Waals surface area contributed by atoms with Crippen LogP contribution in [0.3, 0.4) is 0 Å². The number of hydrogen-bond acceptors (Lipinski definition) is 2. The Balaban J connectivity index is 4.44. The number of aliphatic hydroxyl groups excluding tert-OH is 1. The Morgan fingerprint density at radius 2 is 2.14 bits per heavy atom. The lowest BCUT2D eigenvalue weighted by Crippen LogP contribution is -2.43. The van der Waals surface area contributed by atoms with E-state index >= 15 is 0 Å². The molecule has 0 aliphatic carbocycles. The summed E-state index contributed by atoms with van der Waals surface area (Å²) in [7, 11) is 0. The van der Waals surface area contributed by atoms with E-state index in [-0.39, 0.29) is 6.54 Å². The average molecular weight is 209 g/mol. The second-order valence-electron chi connectivity index (χ2n) is 2.54. The number of hydrogen-bond donors (Lipinski definition) is 1. The topological polar surface area (TPSA) is 40.5 Å². The minimum atomic E-state index is -4.49. The Morgan fingerprint density at radius 1 is 1.64 bits per heavy atom. The summed E-state index contributed by atoms with van der Waals surface area (Å²) >= 11 is 0. The fourth-order valence-corrected chi connectivity index (χ4v) is 0.806. The number of halogens is 3. The Labute approximate surface area is 79.5 Å². The predicted molar refractivity (Wildman–Crippen MR) is 43.1 cm³/mol. The quantitative estimate of drug-likeness (QED) is 0.683. The summed E-state index contributed by atoms with van der Waals surface area (Å²) < 4.78 is 35.7. The maximum atomic E-state index is 11.9. The first-order valence-corrected chi connectivity index (χ1v) is 3.81. The average Bonchev–Trinajstić information content (AvgIpc) is 2.10. The maximum Gasteiger partial charge on any atom is 0.406 e. The lowest BCUT2D eigenvalue weighted by molar-refractivity contribution is -0.164. The number of aliphatic hydroxyl groups is 1. The second-order valence-corrected chi connectivity index (χ2v) is 2.54. The Kier molecular flexibility index (Phi) is 4.44. The molecule has 0 unspecified atom stereocenters. The summed E-state index contributed by atoms with van der Waals surface area (Å²) in [5.41, 5.74) is 0. The van der Waals surface area contributed by atoms with Gasteiger partial charge in [0.25, 0.3) is 5.91 Å². The number of likely N-dealkylation sites (N-methyl/N-ethyl adjacent to an activating group) is 1. The van der Waals surface area contributed by atoms with Gasteiger partial charge < -0.3 is 10.0 Å². The molecule has 3 nitrogen and oxygen atoms in total. The van der Waals surface area contributed by atoms with Crippen molar-refractivity contribution in [1.82, 2.24) is 4.90 Å². The number of carbonyl (C=O) groups is 1. The number of alkyl halides is 3. The van der Waals surface area contributed by atoms with Crippen molar-refractivity contribution in [3.63, 3.8) is 0 Å². The molecule has 0 aromatic rings. The van der Waals surface area contributed by atoms with Crippen molar-refractivity contribution in [3.05, 3.63) is 0 Å². The van der Waals surface area contributed by atoms with Crippen LogP contribution >= 0.6 is 0 Å². The Hall–Kier alpha value is -1.22. The summed E-state index contributed by atoms with van der Waals surface area (Å²) in [5, 5.41) is 8.83. The molecule has 0 saturated heterocycles. The van der Waals surface area contributed by atoms with E-state index in [4.69, 9.17) is 11.5 Å². The number of terminal acetylenes is 1. The van der Waals surface area contributed by atoms with Gasteiger partial charge in [-0.25, -0.2) is 0 Å². The van der Waals surface area contributed by atoms with Gasteiger partial charge in [0, 0.05) is 6.54 Å². The third kappa shape index (κ3) is 4.14. The fourth-order valence-electron chi connectivity index (χ4n) is 0.806. The van der Waals surface area contributed by atoms with Crippen LogP contribution in [0.25, 0.3) is 0 Å². The van der Waals surface area contributed by atoms with Gasteiger partial charge in [-0.05, 0) is 6.92 Å². The highest BCUT2D eigenvalue weighted by Crippen LogP contribution is 2.16. The van der Waals surface area contributed by atoms with Gasteiger partial charge in [-0.1, -0.05) is 5.92 Å². The van der Waals surface area contributed by atoms with Gasteiger partial charge in [0.05, 0.1) is 0 Å². The summed E-state index contributed by atoms with van der Waals surface area (Å²) in [5.74, 6) is 0.558. The molecule has 0 aromatic heterocycles. The Bertz CT molecular complexity index is 244. The minimum Gasteiger partial charge on any atom is -0.372 e. The highest BCUT2D eigenvalue weighted by atomic mass is 19.4. The zero-order valence-corrected chi connectivity index (χ0v) is 7.51. The maximum absolute atomic E-state index is 11.9. The molecule has 0 aliphatic heterocycles. The first kappa shape index (κ1) is 12.8. The van der Waals surface area contributed by atoms with E-state index in [2.05, 4.69) is 0 Å². The molecular formula is C8H10F3NO2. The number of amides is 1. The normalized spacial score (nSPS) is 13.1. The van der Waals surface area contributed by atoms with Crippen LogP contribution in [0, 0.1) is 12.3 Å². The van der Waals surface area contributed by atoms with E-state index < -0.39 is 24.7 Å². The van der Waals surface area contributed by atoms with Crippen molar-refractivity contribution in [2.75, 3.05) is 13.1 Å². The van der Waals surface area contributed by atoms with Crippen LogP contribution in [-0.2, 0) is 4.79 Å². The van der Waals surface area contributed by atoms with Gasteiger partial charge in [-0.2, -0.15) is 13.2 Å². The fraction of sp³-hybridized carbons (Fsp3) is 0.625. The third-order valence-electron chi connectivity index (χ3n) is 1.46. The van der Waals surface area contributed by atoms with Crippen molar-refractivity contribution in [1.29, 1.82) is 0 Å². The number of rotatable bonds is 3. The molecule has 0 fully saturated rings. The van der Waals surface area contributed by atoms with Gasteiger partial charge in [0.1, 0.15) is 6.54 Å². The molecule has 1 N–H and O–H groups in total. The molecule has 0 aliphatic rings. The summed E-state index contributed by atoms with van der Waals surface area (Å²) in [6, 6.07) is 0. The van der Waals surface area contributed by atoms with Crippen molar-refractivity contribution in [2.45, 2.75) is 19.2 Å². The minimum absolute atomic E-state index is 0.156. The van der Waals surface area contributed by atoms with Crippen molar-refractivity contribution in [3.8, 4) is 12.3 Å². The third-order valence-corrected chi connectivity index (χ3v) is 1.46. The molecule has 0 aromatic carbocycles. The van der Waals surface area contributed by atoms with E-state index in [1.54, 1.807) is 5.92 Å². The summed E-state index contributed by atoms with van der Waals surface area (Å²) in [4.78, 5) is 11.5. The molecule has 0 bridgehead atoms. The van der Waals surface area contributed by atoms with Crippen LogP contribution in [0.5, 0.6) is 0 Å².